The minimum atomic E-state index is -1.19. The van der Waals surface area contributed by atoms with Gasteiger partial charge in [0.1, 0.15) is 0 Å². The number of hydrogen-bond donors (Lipinski definition) is 1. The van der Waals surface area contributed by atoms with E-state index in [9.17, 15) is 9.59 Å². The molecule has 1 atom stereocenters. The highest BCUT2D eigenvalue weighted by Crippen LogP contribution is 2.47. The number of carbonyl (C=O) groups excluding carboxylic acids is 2. The first-order valence-corrected chi connectivity index (χ1v) is 8.95. The summed E-state index contributed by atoms with van der Waals surface area (Å²) in [7, 11) is 1.71. The van der Waals surface area contributed by atoms with Gasteiger partial charge >= 0.3 is 0 Å². The largest absolute Gasteiger partial charge is 0.350 e. The van der Waals surface area contributed by atoms with Crippen LogP contribution in [0, 0.1) is 12.8 Å². The molecule has 26 heavy (non-hydrogen) atoms. The van der Waals surface area contributed by atoms with Crippen LogP contribution in [0.3, 0.4) is 0 Å². The molecule has 0 saturated heterocycles. The number of amides is 2. The lowest BCUT2D eigenvalue weighted by molar-refractivity contribution is -0.126. The van der Waals surface area contributed by atoms with E-state index in [-0.39, 0.29) is 11.8 Å². The van der Waals surface area contributed by atoms with Gasteiger partial charge in [0.2, 0.25) is 5.66 Å². The minimum Gasteiger partial charge on any atom is -0.350 e. The van der Waals surface area contributed by atoms with Gasteiger partial charge in [-0.15, -0.1) is 0 Å². The summed E-state index contributed by atoms with van der Waals surface area (Å²) in [6.07, 6.45) is 0. The average molecular weight is 349 g/mol. The average Bonchev–Trinajstić information content (AvgIpc) is 2.83. The van der Waals surface area contributed by atoms with Crippen LogP contribution in [0.25, 0.3) is 0 Å². The number of fused-ring (bicyclic) bond motifs is 3. The minimum absolute atomic E-state index is 0.101. The van der Waals surface area contributed by atoms with E-state index < -0.39 is 5.66 Å². The van der Waals surface area contributed by atoms with Gasteiger partial charge in [-0.1, -0.05) is 44.2 Å². The number of anilines is 2. The van der Waals surface area contributed by atoms with E-state index in [0.717, 1.165) is 16.8 Å². The SMILES string of the molecule is Cc1cccc2c1C(=O)N(C)C1(N2)C(=O)N(CC(C)C)c2ccccc21. The van der Waals surface area contributed by atoms with Crippen molar-refractivity contribution in [1.29, 1.82) is 0 Å². The number of benzene rings is 2. The number of aryl methyl sites for hydroxylation is 1. The zero-order valence-corrected chi connectivity index (χ0v) is 15.5. The first kappa shape index (κ1) is 16.6. The molecule has 2 aromatic carbocycles. The Morgan fingerprint density at radius 1 is 1.08 bits per heavy atom. The van der Waals surface area contributed by atoms with E-state index in [4.69, 9.17) is 0 Å². The van der Waals surface area contributed by atoms with E-state index >= 15 is 0 Å². The monoisotopic (exact) mass is 349 g/mol. The second-order valence-electron chi connectivity index (χ2n) is 7.52. The summed E-state index contributed by atoms with van der Waals surface area (Å²) in [5.74, 6) is 0.0862. The number of nitrogens with one attached hydrogen (secondary N) is 1. The first-order chi connectivity index (χ1) is 12.4. The number of para-hydroxylation sites is 1. The maximum absolute atomic E-state index is 13.6. The van der Waals surface area contributed by atoms with E-state index in [0.29, 0.717) is 23.7 Å². The van der Waals surface area contributed by atoms with Crippen LogP contribution in [-0.2, 0) is 10.5 Å². The quantitative estimate of drug-likeness (QED) is 0.905. The highest BCUT2D eigenvalue weighted by molar-refractivity contribution is 6.15. The molecule has 0 fully saturated rings. The zero-order valence-electron chi connectivity index (χ0n) is 15.5. The summed E-state index contributed by atoms with van der Waals surface area (Å²) in [6.45, 7) is 6.70. The highest BCUT2D eigenvalue weighted by atomic mass is 16.2. The van der Waals surface area contributed by atoms with Gasteiger partial charge in [-0.05, 0) is 30.5 Å². The van der Waals surface area contributed by atoms with Crippen LogP contribution in [0.1, 0.15) is 35.3 Å². The van der Waals surface area contributed by atoms with Crippen molar-refractivity contribution >= 4 is 23.2 Å². The van der Waals surface area contributed by atoms with Crippen molar-refractivity contribution in [2.45, 2.75) is 26.4 Å². The molecular formula is C21H23N3O2. The molecule has 134 valence electrons. The van der Waals surface area contributed by atoms with Crippen molar-refractivity contribution in [3.63, 3.8) is 0 Å². The Balaban J connectivity index is 1.94. The van der Waals surface area contributed by atoms with Crippen molar-refractivity contribution in [3.05, 3.63) is 59.2 Å². The van der Waals surface area contributed by atoms with Crippen molar-refractivity contribution in [2.75, 3.05) is 23.8 Å². The van der Waals surface area contributed by atoms with Gasteiger partial charge in [0, 0.05) is 24.8 Å². The third-order valence-electron chi connectivity index (χ3n) is 5.30. The van der Waals surface area contributed by atoms with Gasteiger partial charge in [0.05, 0.1) is 11.3 Å². The fourth-order valence-electron chi connectivity index (χ4n) is 4.08. The maximum Gasteiger partial charge on any atom is 0.278 e. The predicted molar refractivity (Wildman–Crippen MR) is 102 cm³/mol. The molecule has 1 spiro atoms. The summed E-state index contributed by atoms with van der Waals surface area (Å²) in [5.41, 5.74) is 2.75. The molecule has 1 N–H and O–H groups in total. The normalized spacial score (nSPS) is 21.3. The fourth-order valence-corrected chi connectivity index (χ4v) is 4.08. The summed E-state index contributed by atoms with van der Waals surface area (Å²) in [4.78, 5) is 30.2. The first-order valence-electron chi connectivity index (χ1n) is 8.95. The Labute approximate surface area is 153 Å². The number of nitrogens with zero attached hydrogens (tertiary/aromatic N) is 2. The third-order valence-corrected chi connectivity index (χ3v) is 5.30. The molecule has 4 rings (SSSR count). The van der Waals surface area contributed by atoms with E-state index in [2.05, 4.69) is 19.2 Å². The predicted octanol–water partition coefficient (Wildman–Crippen LogP) is 3.35. The number of likely N-dealkylation sites (N-methyl/N-ethyl adjacent to an activating group) is 1. The molecular weight excluding hydrogens is 326 g/mol. The molecule has 2 aliphatic heterocycles. The molecule has 5 nitrogen and oxygen atoms in total. The Morgan fingerprint density at radius 3 is 2.54 bits per heavy atom. The molecule has 0 aliphatic carbocycles. The number of rotatable bonds is 2. The van der Waals surface area contributed by atoms with Crippen molar-refractivity contribution < 1.29 is 9.59 Å². The lowest BCUT2D eigenvalue weighted by Crippen LogP contribution is -2.61. The van der Waals surface area contributed by atoms with E-state index in [1.807, 2.05) is 49.4 Å². The molecule has 0 bridgehead atoms. The molecule has 2 aromatic rings. The van der Waals surface area contributed by atoms with Crippen LogP contribution in [-0.4, -0.2) is 30.3 Å². The van der Waals surface area contributed by atoms with Crippen molar-refractivity contribution in [3.8, 4) is 0 Å². The number of carbonyl (C=O) groups is 2. The lowest BCUT2D eigenvalue weighted by Gasteiger charge is -2.43. The smallest absolute Gasteiger partial charge is 0.278 e. The summed E-state index contributed by atoms with van der Waals surface area (Å²) < 4.78 is 0. The number of hydrogen-bond acceptors (Lipinski definition) is 3. The van der Waals surface area contributed by atoms with Gasteiger partial charge in [-0.2, -0.15) is 0 Å². The van der Waals surface area contributed by atoms with Crippen molar-refractivity contribution in [2.24, 2.45) is 5.92 Å². The van der Waals surface area contributed by atoms with Crippen LogP contribution in [0.15, 0.2) is 42.5 Å². The molecule has 2 heterocycles. The molecule has 2 amide bonds. The van der Waals surface area contributed by atoms with Gasteiger partial charge in [-0.3, -0.25) is 9.59 Å². The lowest BCUT2D eigenvalue weighted by atomic mass is 9.92. The summed E-state index contributed by atoms with van der Waals surface area (Å²) in [6, 6.07) is 13.4. The Hall–Kier alpha value is -2.82. The van der Waals surface area contributed by atoms with Gasteiger partial charge in [0.25, 0.3) is 11.8 Å². The topological polar surface area (TPSA) is 52.7 Å². The second-order valence-corrected chi connectivity index (χ2v) is 7.52. The van der Waals surface area contributed by atoms with Crippen LogP contribution < -0.4 is 10.2 Å². The molecule has 0 aromatic heterocycles. The maximum atomic E-state index is 13.6. The fraction of sp³-hybridized carbons (Fsp3) is 0.333. The Morgan fingerprint density at radius 2 is 1.81 bits per heavy atom. The highest BCUT2D eigenvalue weighted by Gasteiger charge is 2.57. The van der Waals surface area contributed by atoms with Crippen LogP contribution >= 0.6 is 0 Å². The molecule has 2 aliphatic rings. The molecule has 0 radical (unpaired) electrons. The van der Waals surface area contributed by atoms with E-state index in [1.165, 1.54) is 0 Å². The Bertz CT molecular complexity index is 921. The van der Waals surface area contributed by atoms with E-state index in [1.54, 1.807) is 16.8 Å². The Kier molecular flexibility index (Phi) is 3.58. The summed E-state index contributed by atoms with van der Waals surface area (Å²) in [5, 5.41) is 3.42. The molecule has 5 heteroatoms. The molecule has 1 unspecified atom stereocenters. The van der Waals surface area contributed by atoms with Gasteiger partial charge in [0.15, 0.2) is 0 Å². The molecule has 0 saturated carbocycles. The summed E-state index contributed by atoms with van der Waals surface area (Å²) >= 11 is 0. The van der Waals surface area contributed by atoms with Gasteiger partial charge in [-0.25, -0.2) is 0 Å². The van der Waals surface area contributed by atoms with Crippen LogP contribution in [0.4, 0.5) is 11.4 Å². The standard InChI is InChI=1S/C21H23N3O2/c1-13(2)12-24-17-11-6-5-9-15(17)21(20(24)26)22-16-10-7-8-14(3)18(16)19(25)23(21)4/h5-11,13,22H,12H2,1-4H3. The second kappa shape index (κ2) is 5.59. The van der Waals surface area contributed by atoms with Crippen molar-refractivity contribution in [1.82, 2.24) is 4.90 Å². The third kappa shape index (κ3) is 2.03. The van der Waals surface area contributed by atoms with Crippen LogP contribution in [0.2, 0.25) is 0 Å². The van der Waals surface area contributed by atoms with Gasteiger partial charge < -0.3 is 15.1 Å². The zero-order chi connectivity index (χ0) is 18.6. The van der Waals surface area contributed by atoms with Crippen LogP contribution in [0.5, 0.6) is 0 Å².